The van der Waals surface area contributed by atoms with Gasteiger partial charge in [0, 0.05) is 11.5 Å². The zero-order chi connectivity index (χ0) is 11.4. The van der Waals surface area contributed by atoms with E-state index in [9.17, 15) is 0 Å². The quantitative estimate of drug-likeness (QED) is 0.587. The van der Waals surface area contributed by atoms with Crippen molar-refractivity contribution in [1.29, 1.82) is 0 Å². The first kappa shape index (κ1) is 12.9. The normalized spacial score (nSPS) is 10.4. The van der Waals surface area contributed by atoms with Gasteiger partial charge < -0.3 is 4.52 Å². The van der Waals surface area contributed by atoms with E-state index in [0.29, 0.717) is 0 Å². The lowest BCUT2D eigenvalue weighted by atomic mass is 9.93. The average Bonchev–Trinajstić information content (AvgIpc) is 2.32. The van der Waals surface area contributed by atoms with Gasteiger partial charge in [0.25, 0.3) is 0 Å². The molecule has 2 heteroatoms. The molecule has 0 saturated carbocycles. The van der Waals surface area contributed by atoms with Gasteiger partial charge in [-0.3, -0.25) is 0 Å². The Morgan fingerprint density at radius 3 is 1.93 bits per heavy atom. The Hall–Kier alpha value is -1.05. The lowest BCUT2D eigenvalue weighted by Gasteiger charge is -2.11. The molecular formula is C12H21NO. The maximum absolute atomic E-state index is 5.08. The number of allylic oxidation sites excluding steroid dienone is 1. The summed E-state index contributed by atoms with van der Waals surface area (Å²) >= 11 is 0. The topological polar surface area (TPSA) is 26.0 Å². The molecule has 2 nitrogen and oxygen atoms in total. The van der Waals surface area contributed by atoms with Crippen LogP contribution in [-0.2, 0) is 5.41 Å². The van der Waals surface area contributed by atoms with E-state index in [1.165, 1.54) is 5.57 Å². The Balaban J connectivity index is 0.000000364. The van der Waals surface area contributed by atoms with Crippen LogP contribution in [0.1, 0.15) is 46.1 Å². The van der Waals surface area contributed by atoms with Crippen molar-refractivity contribution in [3.63, 3.8) is 0 Å². The van der Waals surface area contributed by atoms with Crippen molar-refractivity contribution < 1.29 is 4.52 Å². The number of hydrogen-bond acceptors (Lipinski definition) is 2. The highest BCUT2D eigenvalue weighted by Gasteiger charge is 2.18. The average molecular weight is 195 g/mol. The summed E-state index contributed by atoms with van der Waals surface area (Å²) in [4.78, 5) is 0. The molecule has 0 amide bonds. The second-order valence-electron chi connectivity index (χ2n) is 4.79. The van der Waals surface area contributed by atoms with Gasteiger partial charge in [-0.15, -0.1) is 6.58 Å². The number of rotatable bonds is 0. The highest BCUT2D eigenvalue weighted by atomic mass is 16.5. The van der Waals surface area contributed by atoms with Crippen LogP contribution in [0.3, 0.4) is 0 Å². The van der Waals surface area contributed by atoms with E-state index in [0.717, 1.165) is 11.5 Å². The molecule has 0 bridgehead atoms. The van der Waals surface area contributed by atoms with Crippen molar-refractivity contribution in [2.45, 2.75) is 47.0 Å². The monoisotopic (exact) mass is 195 g/mol. The molecular weight excluding hydrogens is 174 g/mol. The van der Waals surface area contributed by atoms with Gasteiger partial charge in [0.2, 0.25) is 0 Å². The minimum atomic E-state index is 0.0846. The molecule has 0 atom stereocenters. The first-order chi connectivity index (χ1) is 6.23. The standard InChI is InChI=1S/C8H13NO.C4H8/c1-6-5-7(10-9-6)8(2,3)4;1-4(2)3/h5H,1-4H3;1H2,2-3H3. The molecule has 14 heavy (non-hydrogen) atoms. The SMILES string of the molecule is C=C(C)C.Cc1cc(C(C)(C)C)on1. The van der Waals surface area contributed by atoms with Crippen molar-refractivity contribution in [3.05, 3.63) is 29.7 Å². The molecule has 0 unspecified atom stereocenters. The van der Waals surface area contributed by atoms with Crippen molar-refractivity contribution in [3.8, 4) is 0 Å². The van der Waals surface area contributed by atoms with Crippen LogP contribution < -0.4 is 0 Å². The van der Waals surface area contributed by atoms with E-state index < -0.39 is 0 Å². The molecule has 0 fully saturated rings. The minimum Gasteiger partial charge on any atom is -0.361 e. The molecule has 0 aliphatic carbocycles. The molecule has 1 aromatic heterocycles. The van der Waals surface area contributed by atoms with Gasteiger partial charge in [-0.05, 0) is 20.8 Å². The fraction of sp³-hybridized carbons (Fsp3) is 0.583. The molecule has 1 rings (SSSR count). The van der Waals surface area contributed by atoms with Gasteiger partial charge in [-0.25, -0.2) is 0 Å². The molecule has 0 aliphatic rings. The van der Waals surface area contributed by atoms with E-state index >= 15 is 0 Å². The molecule has 1 heterocycles. The Morgan fingerprint density at radius 2 is 1.79 bits per heavy atom. The third-order valence-corrected chi connectivity index (χ3v) is 1.37. The van der Waals surface area contributed by atoms with E-state index in [-0.39, 0.29) is 5.41 Å². The summed E-state index contributed by atoms with van der Waals surface area (Å²) in [6, 6.07) is 1.97. The first-order valence-corrected chi connectivity index (χ1v) is 4.79. The lowest BCUT2D eigenvalue weighted by molar-refractivity contribution is 0.327. The molecule has 80 valence electrons. The fourth-order valence-corrected chi connectivity index (χ4v) is 0.717. The summed E-state index contributed by atoms with van der Waals surface area (Å²) in [6.07, 6.45) is 0. The smallest absolute Gasteiger partial charge is 0.142 e. The van der Waals surface area contributed by atoms with Crippen LogP contribution >= 0.6 is 0 Å². The van der Waals surface area contributed by atoms with Crippen LogP contribution in [-0.4, -0.2) is 5.16 Å². The predicted octanol–water partition coefficient (Wildman–Crippen LogP) is 3.86. The number of aryl methyl sites for hydroxylation is 1. The molecule has 0 radical (unpaired) electrons. The number of nitrogens with zero attached hydrogens (tertiary/aromatic N) is 1. The Bertz CT molecular complexity index is 288. The third kappa shape index (κ3) is 5.57. The summed E-state index contributed by atoms with van der Waals surface area (Å²) in [5.74, 6) is 0.949. The summed E-state index contributed by atoms with van der Waals surface area (Å²) < 4.78 is 5.08. The van der Waals surface area contributed by atoms with Crippen LogP contribution in [0.4, 0.5) is 0 Å². The predicted molar refractivity (Wildman–Crippen MR) is 60.4 cm³/mol. The zero-order valence-corrected chi connectivity index (χ0v) is 10.1. The number of hydrogen-bond donors (Lipinski definition) is 0. The highest BCUT2D eigenvalue weighted by molar-refractivity contribution is 5.11. The molecule has 0 aliphatic heterocycles. The molecule has 0 saturated heterocycles. The second kappa shape index (κ2) is 4.99. The van der Waals surface area contributed by atoms with Gasteiger partial charge in [-0.2, -0.15) is 0 Å². The summed E-state index contributed by atoms with van der Waals surface area (Å²) in [7, 11) is 0. The zero-order valence-electron chi connectivity index (χ0n) is 10.1. The van der Waals surface area contributed by atoms with Crippen LogP contribution in [0.15, 0.2) is 22.7 Å². The molecule has 0 N–H and O–H groups in total. The summed E-state index contributed by atoms with van der Waals surface area (Å²) in [5, 5.41) is 3.81. The molecule has 0 spiro atoms. The third-order valence-electron chi connectivity index (χ3n) is 1.37. The van der Waals surface area contributed by atoms with Crippen molar-refractivity contribution in [2.75, 3.05) is 0 Å². The van der Waals surface area contributed by atoms with E-state index in [2.05, 4.69) is 32.5 Å². The van der Waals surface area contributed by atoms with Crippen LogP contribution in [0.25, 0.3) is 0 Å². The molecule has 0 aromatic carbocycles. The van der Waals surface area contributed by atoms with Crippen LogP contribution in [0, 0.1) is 6.92 Å². The largest absolute Gasteiger partial charge is 0.361 e. The maximum atomic E-state index is 5.08. The summed E-state index contributed by atoms with van der Waals surface area (Å²) in [5.41, 5.74) is 2.20. The van der Waals surface area contributed by atoms with Gasteiger partial charge >= 0.3 is 0 Å². The van der Waals surface area contributed by atoms with E-state index in [4.69, 9.17) is 4.52 Å². The number of aromatic nitrogens is 1. The Morgan fingerprint density at radius 1 is 1.36 bits per heavy atom. The lowest BCUT2D eigenvalue weighted by Crippen LogP contribution is -2.09. The Kier molecular flexibility index (Phi) is 4.61. The Labute approximate surface area is 87.0 Å². The van der Waals surface area contributed by atoms with Gasteiger partial charge in [0.15, 0.2) is 0 Å². The van der Waals surface area contributed by atoms with Crippen molar-refractivity contribution >= 4 is 0 Å². The highest BCUT2D eigenvalue weighted by Crippen LogP contribution is 2.21. The molecule has 1 aromatic rings. The van der Waals surface area contributed by atoms with Gasteiger partial charge in [-0.1, -0.05) is 31.5 Å². The van der Waals surface area contributed by atoms with E-state index in [1.54, 1.807) is 0 Å². The summed E-state index contributed by atoms with van der Waals surface area (Å²) in [6.45, 7) is 15.7. The van der Waals surface area contributed by atoms with Crippen LogP contribution in [0.5, 0.6) is 0 Å². The minimum absolute atomic E-state index is 0.0846. The fourth-order valence-electron chi connectivity index (χ4n) is 0.717. The second-order valence-corrected chi connectivity index (χ2v) is 4.79. The van der Waals surface area contributed by atoms with Crippen LogP contribution in [0.2, 0.25) is 0 Å². The van der Waals surface area contributed by atoms with Gasteiger partial charge in [0.05, 0.1) is 5.69 Å². The first-order valence-electron chi connectivity index (χ1n) is 4.79. The van der Waals surface area contributed by atoms with Crippen molar-refractivity contribution in [2.24, 2.45) is 0 Å². The van der Waals surface area contributed by atoms with Crippen molar-refractivity contribution in [1.82, 2.24) is 5.16 Å². The maximum Gasteiger partial charge on any atom is 0.142 e. The van der Waals surface area contributed by atoms with E-state index in [1.807, 2.05) is 26.8 Å². The van der Waals surface area contributed by atoms with Gasteiger partial charge in [0.1, 0.15) is 5.76 Å².